The number of nitrogens with one attached hydrogen (secondary N) is 1. The van der Waals surface area contributed by atoms with Crippen molar-refractivity contribution in [2.75, 3.05) is 13.2 Å². The number of hydrogen-bond acceptors (Lipinski definition) is 4. The Kier molecular flexibility index (Phi) is 5.82. The number of carbonyl (C=O) groups excluding carboxylic acids is 2. The number of carbonyl (C=O) groups is 2. The van der Waals surface area contributed by atoms with Crippen molar-refractivity contribution in [1.29, 1.82) is 0 Å². The van der Waals surface area contributed by atoms with E-state index in [0.717, 1.165) is 25.0 Å². The molecule has 1 aliphatic carbocycles. The molecule has 0 unspecified atom stereocenters. The van der Waals surface area contributed by atoms with Crippen LogP contribution in [0.3, 0.4) is 0 Å². The summed E-state index contributed by atoms with van der Waals surface area (Å²) in [4.78, 5) is 41.0. The van der Waals surface area contributed by atoms with Crippen molar-refractivity contribution in [1.82, 2.24) is 14.8 Å². The van der Waals surface area contributed by atoms with Gasteiger partial charge in [-0.25, -0.2) is 0 Å². The van der Waals surface area contributed by atoms with Gasteiger partial charge in [0.1, 0.15) is 6.04 Å². The second kappa shape index (κ2) is 8.38. The minimum atomic E-state index is -0.693. The number of aliphatic hydroxyl groups is 1. The molecule has 0 bridgehead atoms. The number of likely N-dealkylation sites (tertiary alicyclic amines) is 1. The van der Waals surface area contributed by atoms with E-state index in [1.807, 2.05) is 26.0 Å². The van der Waals surface area contributed by atoms with E-state index in [-0.39, 0.29) is 41.9 Å². The zero-order valence-corrected chi connectivity index (χ0v) is 17.7. The van der Waals surface area contributed by atoms with Gasteiger partial charge in [-0.15, -0.1) is 0 Å². The van der Waals surface area contributed by atoms with Crippen LogP contribution >= 0.6 is 0 Å². The summed E-state index contributed by atoms with van der Waals surface area (Å²) in [5.74, 6) is -0.389. The fourth-order valence-corrected chi connectivity index (χ4v) is 5.12. The molecule has 1 saturated heterocycles. The quantitative estimate of drug-likeness (QED) is 0.712. The average Bonchev–Trinajstić information content (AvgIpc) is 3.37. The summed E-state index contributed by atoms with van der Waals surface area (Å²) in [7, 11) is 0. The molecule has 30 heavy (non-hydrogen) atoms. The van der Waals surface area contributed by atoms with E-state index < -0.39 is 6.04 Å². The number of hydrogen-bond donors (Lipinski definition) is 2. The number of rotatable bonds is 7. The molecule has 0 radical (unpaired) electrons. The van der Waals surface area contributed by atoms with E-state index in [1.165, 1.54) is 0 Å². The number of allylic oxidation sites excluding steroid dienone is 1. The van der Waals surface area contributed by atoms with E-state index in [0.29, 0.717) is 31.0 Å². The van der Waals surface area contributed by atoms with Gasteiger partial charge in [0.25, 0.3) is 5.56 Å². The first-order valence-electron chi connectivity index (χ1n) is 11.1. The van der Waals surface area contributed by atoms with Gasteiger partial charge in [-0.1, -0.05) is 19.1 Å². The normalized spacial score (nSPS) is 27.4. The highest BCUT2D eigenvalue weighted by Gasteiger charge is 2.57. The van der Waals surface area contributed by atoms with Crippen molar-refractivity contribution in [3.8, 4) is 0 Å². The lowest BCUT2D eigenvalue weighted by Crippen LogP contribution is -2.50. The topological polar surface area (TPSA) is 91.6 Å². The highest BCUT2D eigenvalue weighted by Crippen LogP contribution is 2.50. The first-order valence-corrected chi connectivity index (χ1v) is 11.1. The Hall–Kier alpha value is -2.41. The summed E-state index contributed by atoms with van der Waals surface area (Å²) in [5, 5.41) is 13.1. The molecule has 2 amide bonds. The zero-order chi connectivity index (χ0) is 21.4. The van der Waals surface area contributed by atoms with Crippen molar-refractivity contribution >= 4 is 17.9 Å². The highest BCUT2D eigenvalue weighted by atomic mass is 16.3. The lowest BCUT2D eigenvalue weighted by atomic mass is 9.88. The van der Waals surface area contributed by atoms with Gasteiger partial charge < -0.3 is 19.9 Å². The van der Waals surface area contributed by atoms with Crippen molar-refractivity contribution in [3.05, 3.63) is 39.8 Å². The number of nitrogens with zero attached hydrogens (tertiary/aromatic N) is 2. The Morgan fingerprint density at radius 1 is 1.30 bits per heavy atom. The monoisotopic (exact) mass is 413 g/mol. The van der Waals surface area contributed by atoms with Crippen LogP contribution in [0.25, 0.3) is 6.08 Å². The van der Waals surface area contributed by atoms with Crippen molar-refractivity contribution in [3.63, 3.8) is 0 Å². The molecule has 7 heteroatoms. The van der Waals surface area contributed by atoms with E-state index in [1.54, 1.807) is 21.6 Å². The third-order valence-electron chi connectivity index (χ3n) is 6.72. The average molecular weight is 414 g/mol. The molecule has 162 valence electrons. The summed E-state index contributed by atoms with van der Waals surface area (Å²) in [5.41, 5.74) is 1.29. The summed E-state index contributed by atoms with van der Waals surface area (Å²) < 4.78 is 1.73. The van der Waals surface area contributed by atoms with Gasteiger partial charge in [0.05, 0.1) is 6.04 Å². The third kappa shape index (κ3) is 3.49. The molecule has 2 fully saturated rings. The first-order chi connectivity index (χ1) is 14.5. The van der Waals surface area contributed by atoms with Gasteiger partial charge in [0.2, 0.25) is 11.8 Å². The van der Waals surface area contributed by atoms with Crippen LogP contribution in [0.15, 0.2) is 23.0 Å². The largest absolute Gasteiger partial charge is 0.396 e. The third-order valence-corrected chi connectivity index (χ3v) is 6.72. The van der Waals surface area contributed by atoms with Crippen LogP contribution in [0.4, 0.5) is 0 Å². The van der Waals surface area contributed by atoms with Crippen LogP contribution in [-0.4, -0.2) is 45.6 Å². The summed E-state index contributed by atoms with van der Waals surface area (Å²) in [6.45, 7) is 4.61. The molecule has 3 heterocycles. The molecular weight excluding hydrogens is 382 g/mol. The molecule has 1 saturated carbocycles. The molecule has 1 aromatic heterocycles. The van der Waals surface area contributed by atoms with Crippen LogP contribution in [0, 0.1) is 17.8 Å². The number of fused-ring (bicyclic) bond motifs is 3. The summed E-state index contributed by atoms with van der Waals surface area (Å²) in [6.07, 6.45) is 6.94. The van der Waals surface area contributed by atoms with Gasteiger partial charge in [0.15, 0.2) is 0 Å². The molecule has 3 aliphatic rings. The maximum atomic E-state index is 13.3. The number of aliphatic hydroxyl groups excluding tert-OH is 1. The van der Waals surface area contributed by atoms with Crippen molar-refractivity contribution < 1.29 is 14.7 Å². The van der Waals surface area contributed by atoms with Gasteiger partial charge in [-0.2, -0.15) is 0 Å². The molecule has 4 atom stereocenters. The van der Waals surface area contributed by atoms with Crippen LogP contribution in [0.1, 0.15) is 56.8 Å². The lowest BCUT2D eigenvalue weighted by molar-refractivity contribution is -0.142. The van der Waals surface area contributed by atoms with Crippen LogP contribution < -0.4 is 10.9 Å². The highest BCUT2D eigenvalue weighted by molar-refractivity contribution is 5.89. The fraction of sp³-hybridized carbons (Fsp3) is 0.609. The maximum absolute atomic E-state index is 13.3. The van der Waals surface area contributed by atoms with Crippen LogP contribution in [0.5, 0.6) is 0 Å². The van der Waals surface area contributed by atoms with E-state index in [2.05, 4.69) is 5.32 Å². The predicted octanol–water partition coefficient (Wildman–Crippen LogP) is 1.70. The SMILES string of the molecule is C/C=C/c1ccc2n(c1=O)C[C@H]1[C@H](CO)[C@@H](C(=O)NCCC)N(C(=O)CC3CC3)[C@@H]21. The van der Waals surface area contributed by atoms with Crippen molar-refractivity contribution in [2.24, 2.45) is 17.8 Å². The van der Waals surface area contributed by atoms with Gasteiger partial charge in [-0.05, 0) is 44.2 Å². The van der Waals surface area contributed by atoms with Crippen LogP contribution in [0.2, 0.25) is 0 Å². The Morgan fingerprint density at radius 3 is 2.70 bits per heavy atom. The van der Waals surface area contributed by atoms with Gasteiger partial charge >= 0.3 is 0 Å². The smallest absolute Gasteiger partial charge is 0.258 e. The molecular formula is C23H31N3O4. The lowest BCUT2D eigenvalue weighted by Gasteiger charge is -2.31. The Morgan fingerprint density at radius 2 is 2.07 bits per heavy atom. The Balaban J connectivity index is 1.75. The maximum Gasteiger partial charge on any atom is 0.258 e. The minimum Gasteiger partial charge on any atom is -0.396 e. The number of aromatic nitrogens is 1. The Bertz CT molecular complexity index is 918. The van der Waals surface area contributed by atoms with Gasteiger partial charge in [-0.3, -0.25) is 14.4 Å². The zero-order valence-electron chi connectivity index (χ0n) is 17.7. The van der Waals surface area contributed by atoms with E-state index >= 15 is 0 Å². The summed E-state index contributed by atoms with van der Waals surface area (Å²) in [6, 6.07) is 2.65. The number of pyridine rings is 1. The minimum absolute atomic E-state index is 0.0430. The standard InChI is InChI=1S/C23H31N3O4/c1-3-5-15-8-9-18-20-16(12-25(18)23(15)30)17(13-27)21(22(29)24-10-4-2)26(20)19(28)11-14-6-7-14/h3,5,8-9,14,16-17,20-21,27H,4,6-7,10-13H2,1-2H3,(H,24,29)/b5-3+/t16-,17-,20+,21-/m0/s1. The second-order valence-electron chi connectivity index (χ2n) is 8.77. The fourth-order valence-electron chi connectivity index (χ4n) is 5.12. The second-order valence-corrected chi connectivity index (χ2v) is 8.77. The molecule has 4 rings (SSSR count). The molecule has 0 aromatic carbocycles. The first kappa shape index (κ1) is 20.8. The molecule has 0 spiro atoms. The number of amides is 2. The Labute approximate surface area is 176 Å². The molecule has 7 nitrogen and oxygen atoms in total. The van der Waals surface area contributed by atoms with E-state index in [9.17, 15) is 19.5 Å². The predicted molar refractivity (Wildman–Crippen MR) is 113 cm³/mol. The van der Waals surface area contributed by atoms with Crippen molar-refractivity contribution in [2.45, 2.75) is 58.2 Å². The van der Waals surface area contributed by atoms with Gasteiger partial charge in [0, 0.05) is 49.2 Å². The molecule has 2 N–H and O–H groups in total. The van der Waals surface area contributed by atoms with E-state index in [4.69, 9.17) is 0 Å². The molecule has 2 aliphatic heterocycles. The molecule has 1 aromatic rings. The van der Waals surface area contributed by atoms with Crippen LogP contribution in [-0.2, 0) is 16.1 Å². The summed E-state index contributed by atoms with van der Waals surface area (Å²) >= 11 is 0.